The molecule has 1 aromatic rings. The number of aliphatic hydroxyl groups excluding tert-OH is 4. The first-order valence-electron chi connectivity index (χ1n) is 28.0. The molecule has 0 spiro atoms. The summed E-state index contributed by atoms with van der Waals surface area (Å²) in [5.74, 6) is -8.66. The van der Waals surface area contributed by atoms with Gasteiger partial charge in [0.2, 0.25) is 29.2 Å². The number of nitrogens with two attached hydrogens (primary N) is 2. The molecule has 0 aliphatic carbocycles. The van der Waals surface area contributed by atoms with Gasteiger partial charge in [-0.2, -0.15) is 0 Å². The van der Waals surface area contributed by atoms with Crippen LogP contribution in [0.2, 0.25) is 0 Å². The fourth-order valence-corrected chi connectivity index (χ4v) is 9.57. The minimum atomic E-state index is -1.82. The zero-order valence-corrected chi connectivity index (χ0v) is 48.3. The van der Waals surface area contributed by atoms with Gasteiger partial charge in [0, 0.05) is 89.8 Å². The van der Waals surface area contributed by atoms with Crippen molar-refractivity contribution in [2.24, 2.45) is 11.5 Å². The predicted octanol–water partition coefficient (Wildman–Crippen LogP) is -4.09. The van der Waals surface area contributed by atoms with Crippen molar-refractivity contribution >= 4 is 71.5 Å². The molecule has 1 fully saturated rings. The third kappa shape index (κ3) is 22.4. The number of aliphatic hydroxyl groups is 4. The Morgan fingerprint density at radius 1 is 0.552 bits per heavy atom. The van der Waals surface area contributed by atoms with E-state index in [4.69, 9.17) is 41.2 Å². The number of piperazine rings is 1. The molecule has 482 valence electrons. The van der Waals surface area contributed by atoms with Gasteiger partial charge in [-0.25, -0.2) is 19.2 Å². The maximum atomic E-state index is 13.8. The van der Waals surface area contributed by atoms with E-state index in [1.807, 2.05) is 0 Å². The van der Waals surface area contributed by atoms with Crippen molar-refractivity contribution in [1.82, 2.24) is 52.3 Å². The lowest BCUT2D eigenvalue weighted by atomic mass is 9.92. The van der Waals surface area contributed by atoms with Gasteiger partial charge in [-0.1, -0.05) is 25.7 Å². The Kier molecular flexibility index (Phi) is 28.2. The van der Waals surface area contributed by atoms with Crippen LogP contribution in [0.25, 0.3) is 0 Å². The summed E-state index contributed by atoms with van der Waals surface area (Å²) in [5.41, 5.74) is 11.1. The van der Waals surface area contributed by atoms with Gasteiger partial charge < -0.3 is 113 Å². The SMILES string of the molecule is CC(=O)N[C@H]1[C@H]([C@H](OC(=O)NCCCCCCNC(=O)c2cc(C(=O)NCCCCCCNC(=O)OC(C3OC(C(=O)O)=C[C@H](NC(=N)N)[C@H]3NC(C)=O)[C@H](O)CO)cc(C(=O)N3CCN(C(C)=O)CC3)c2)[C@H](O)CO)OC(C(=O)O)=C[C@@H]1NC(=N)N. The molecule has 3 aliphatic heterocycles. The molecule has 3 aliphatic rings. The number of alkyl carbamates (subject to hydrolysis) is 2. The molecule has 8 amide bonds. The van der Waals surface area contributed by atoms with Gasteiger partial charge in [0.05, 0.1) is 37.4 Å². The second-order valence-electron chi connectivity index (χ2n) is 20.5. The molecule has 1 aromatic carbocycles. The van der Waals surface area contributed by atoms with Crippen molar-refractivity contribution in [2.75, 3.05) is 65.6 Å². The summed E-state index contributed by atoms with van der Waals surface area (Å²) >= 11 is 0. The number of carboxylic acids is 2. The van der Waals surface area contributed by atoms with Crippen molar-refractivity contribution in [2.45, 2.75) is 133 Å². The molecule has 0 aromatic heterocycles. The number of nitrogens with one attached hydrogen (secondary N) is 10. The minimum absolute atomic E-state index is 0.0293. The molecule has 87 heavy (non-hydrogen) atoms. The Bertz CT molecular complexity index is 2550. The summed E-state index contributed by atoms with van der Waals surface area (Å²) < 4.78 is 21.9. The van der Waals surface area contributed by atoms with Crippen molar-refractivity contribution in [3.05, 3.63) is 58.6 Å². The highest BCUT2D eigenvalue weighted by Gasteiger charge is 2.48. The minimum Gasteiger partial charge on any atom is -0.477 e. The zero-order chi connectivity index (χ0) is 64.5. The molecule has 0 radical (unpaired) electrons. The maximum Gasteiger partial charge on any atom is 0.407 e. The zero-order valence-electron chi connectivity index (χ0n) is 48.3. The number of carbonyl (C=O) groups is 10. The Morgan fingerprint density at radius 2 is 0.897 bits per heavy atom. The highest BCUT2D eigenvalue weighted by Crippen LogP contribution is 2.27. The van der Waals surface area contributed by atoms with E-state index in [9.17, 15) is 78.6 Å². The van der Waals surface area contributed by atoms with Gasteiger partial charge in [-0.3, -0.25) is 39.6 Å². The highest BCUT2D eigenvalue weighted by molar-refractivity contribution is 6.04. The standard InChI is InChI=1S/C53H80N14O20/c1-27(70)62-39-33(64-50(54)55)23-37(48(78)79)84-43(39)41(35(73)25-68)86-52(82)60-14-10-6-4-8-12-58-45(75)30-20-31(22-32(21-30)47(77)67-18-16-66(17-19-67)29(3)72)46(76)59-13-9-5-7-11-15-61-53(83)87-42(36(74)26-69)44-40(63-28(2)71)34(65-51(56)57)24-38(85-44)49(80)81/h20-24,33-36,39-44,68-69,73-74H,4-19,25-26H2,1-3H3,(H,58,75)(H,59,76)(H,60,82)(H,61,83)(H,62,70)(H,63,71)(H,78,79)(H,80,81)(H4,54,55,64)(H4,56,57,65)/t33-,34-,35+,36+,39+,40+,41+,42?,43+,44?/m0/s1. The number of carboxylic acid groups (broad SMARTS) is 2. The van der Waals surface area contributed by atoms with Gasteiger partial charge >= 0.3 is 24.1 Å². The van der Waals surface area contributed by atoms with Crippen molar-refractivity contribution < 1.29 is 97.5 Å². The number of aliphatic carboxylic acids is 2. The second-order valence-corrected chi connectivity index (χ2v) is 20.5. The molecule has 0 saturated carbocycles. The molecule has 0 bridgehead atoms. The van der Waals surface area contributed by atoms with Gasteiger partial charge in [-0.05, 0) is 56.0 Å². The Labute approximate surface area is 499 Å². The topological polar surface area (TPSA) is 531 Å². The lowest BCUT2D eigenvalue weighted by molar-refractivity contribution is -0.147. The summed E-state index contributed by atoms with van der Waals surface area (Å²) in [6.07, 6.45) is -6.44. The average molecular weight is 1230 g/mol. The monoisotopic (exact) mass is 1230 g/mol. The largest absolute Gasteiger partial charge is 0.477 e. The predicted molar refractivity (Wildman–Crippen MR) is 303 cm³/mol. The Hall–Kier alpha value is -9.02. The van der Waals surface area contributed by atoms with Crippen molar-refractivity contribution in [3.63, 3.8) is 0 Å². The number of hydrogen-bond acceptors (Lipinski definition) is 20. The van der Waals surface area contributed by atoms with Crippen LogP contribution in [0.3, 0.4) is 0 Å². The number of carbonyl (C=O) groups excluding carboxylic acids is 8. The number of hydrogen-bond donors (Lipinski definition) is 18. The molecule has 1 saturated heterocycles. The summed E-state index contributed by atoms with van der Waals surface area (Å²) in [6, 6.07) is -0.746. The van der Waals surface area contributed by atoms with Crippen LogP contribution in [0.4, 0.5) is 9.59 Å². The van der Waals surface area contributed by atoms with E-state index in [1.165, 1.54) is 30.0 Å². The number of rotatable bonds is 31. The van der Waals surface area contributed by atoms with E-state index >= 15 is 0 Å². The number of guanidine groups is 2. The summed E-state index contributed by atoms with van der Waals surface area (Å²) in [7, 11) is 0. The molecule has 20 N–H and O–H groups in total. The van der Waals surface area contributed by atoms with Crippen LogP contribution in [0.1, 0.15) is 103 Å². The Balaban J connectivity index is 1.28. The van der Waals surface area contributed by atoms with Gasteiger partial charge in [0.25, 0.3) is 17.7 Å². The molecule has 34 heteroatoms. The van der Waals surface area contributed by atoms with Crippen molar-refractivity contribution in [3.8, 4) is 0 Å². The first-order chi connectivity index (χ1) is 41.2. The van der Waals surface area contributed by atoms with Crippen LogP contribution in [0.5, 0.6) is 0 Å². The van der Waals surface area contributed by atoms with E-state index in [2.05, 4.69) is 42.5 Å². The van der Waals surface area contributed by atoms with E-state index in [-0.39, 0.29) is 61.9 Å². The van der Waals surface area contributed by atoms with Crippen LogP contribution >= 0.6 is 0 Å². The number of unbranched alkanes of at least 4 members (excludes halogenated alkanes) is 6. The fraction of sp³-hybridized carbons (Fsp3) is 0.585. The van der Waals surface area contributed by atoms with Crippen LogP contribution in [-0.2, 0) is 42.9 Å². The second kappa shape index (κ2) is 34.8. The van der Waals surface area contributed by atoms with Gasteiger partial charge in [-0.15, -0.1) is 0 Å². The van der Waals surface area contributed by atoms with Crippen LogP contribution in [0, 0.1) is 10.8 Å². The van der Waals surface area contributed by atoms with Gasteiger partial charge in [0.1, 0.15) is 12.2 Å². The Morgan fingerprint density at radius 3 is 1.22 bits per heavy atom. The summed E-state index contributed by atoms with van der Waals surface area (Å²) in [4.78, 5) is 130. The van der Waals surface area contributed by atoms with Crippen molar-refractivity contribution in [1.29, 1.82) is 10.8 Å². The molecule has 2 unspecified atom stereocenters. The quantitative estimate of drug-likeness (QED) is 0.0191. The molecule has 3 heterocycles. The molecular formula is C53H80N14O20. The van der Waals surface area contributed by atoms with Crippen LogP contribution in [0.15, 0.2) is 41.9 Å². The molecule has 4 rings (SSSR count). The number of ether oxygens (including phenoxy) is 4. The van der Waals surface area contributed by atoms with E-state index in [1.54, 1.807) is 4.90 Å². The van der Waals surface area contributed by atoms with E-state index < -0.39 is 151 Å². The smallest absolute Gasteiger partial charge is 0.407 e. The first-order valence-corrected chi connectivity index (χ1v) is 28.0. The van der Waals surface area contributed by atoms with E-state index in [0.29, 0.717) is 64.5 Å². The third-order valence-corrected chi connectivity index (χ3v) is 13.8. The summed E-state index contributed by atoms with van der Waals surface area (Å²) in [6.45, 7) is 3.29. The van der Waals surface area contributed by atoms with Crippen LogP contribution < -0.4 is 54.0 Å². The molecule has 10 atom stereocenters. The maximum absolute atomic E-state index is 13.8. The fourth-order valence-electron chi connectivity index (χ4n) is 9.57. The number of nitrogens with zero attached hydrogens (tertiary/aromatic N) is 2. The number of amides is 8. The lowest BCUT2D eigenvalue weighted by Gasteiger charge is -2.41. The highest BCUT2D eigenvalue weighted by atomic mass is 16.6. The van der Waals surface area contributed by atoms with E-state index in [0.717, 1.165) is 26.0 Å². The summed E-state index contributed by atoms with van der Waals surface area (Å²) in [5, 5.41) is 96.2. The molecule has 34 nitrogen and oxygen atoms in total. The first kappa shape index (κ1) is 70.5. The third-order valence-electron chi connectivity index (χ3n) is 13.8. The van der Waals surface area contributed by atoms with Crippen LogP contribution in [-0.4, -0.2) is 238 Å². The lowest BCUT2D eigenvalue weighted by Crippen LogP contribution is -2.65. The normalized spacial score (nSPS) is 20.3. The number of benzene rings is 1. The van der Waals surface area contributed by atoms with Gasteiger partial charge in [0.15, 0.2) is 36.3 Å². The average Bonchev–Trinajstić information content (AvgIpc) is 1.73. The molecular weight excluding hydrogens is 1150 g/mol.